The average Bonchev–Trinajstić information content (AvgIpc) is 4.00. The van der Waals surface area contributed by atoms with E-state index in [1.807, 2.05) is 0 Å². The molecule has 10 aromatic rings. The molecule has 0 fully saturated rings. The quantitative estimate of drug-likeness (QED) is 0.198. The van der Waals surface area contributed by atoms with Crippen LogP contribution in [0, 0.1) is 0 Å². The molecule has 0 aliphatic rings. The first kappa shape index (κ1) is 11.0. The Hall–Kier alpha value is -5.78. The summed E-state index contributed by atoms with van der Waals surface area (Å²) in [6, 6.07) is -17.8. The van der Waals surface area contributed by atoms with E-state index in [0.29, 0.717) is 11.3 Å². The van der Waals surface area contributed by atoms with Crippen molar-refractivity contribution < 1.29 is 32.9 Å². The van der Waals surface area contributed by atoms with Gasteiger partial charge in [0.25, 0.3) is 0 Å². The molecule has 0 aliphatic carbocycles. The van der Waals surface area contributed by atoms with E-state index < -0.39 is 201 Å². The first-order valence-corrected chi connectivity index (χ1v) is 14.0. The van der Waals surface area contributed by atoms with Gasteiger partial charge in [-0.3, -0.25) is 0 Å². The second kappa shape index (κ2) is 9.36. The van der Waals surface area contributed by atoms with Crippen molar-refractivity contribution in [2.24, 2.45) is 0 Å². The summed E-state index contributed by atoms with van der Waals surface area (Å²) in [7, 11) is 0. The van der Waals surface area contributed by atoms with E-state index in [4.69, 9.17) is 26.0 Å². The van der Waals surface area contributed by atoms with Crippen LogP contribution < -0.4 is 0 Å². The lowest BCUT2D eigenvalue weighted by molar-refractivity contribution is 1.15. The van der Waals surface area contributed by atoms with Crippen molar-refractivity contribution in [3.05, 3.63) is 145 Å². The molecule has 0 saturated carbocycles. The predicted molar refractivity (Wildman–Crippen MR) is 189 cm³/mol. The zero-order chi connectivity index (χ0) is 50.4. The van der Waals surface area contributed by atoms with E-state index in [9.17, 15) is 6.85 Å². The molecule has 0 atom stereocenters. The van der Waals surface area contributed by atoms with Crippen molar-refractivity contribution in [1.82, 2.24) is 19.1 Å². The SMILES string of the molecule is [2H]c1c([2H])c([2H])c(-n2c3c([2H])c([2H])c([2H])c([2H])c3c3c([2H])c([2H])c([2H])c([2H])c32)c(-c2nc([2H])c3sc4c([2H])c([2H])c(-n5c6c([2H])c([2H])c([2H])c([2H])c6c6c([2H])c([2H])c([2H])c([2H])c65)c([2H])c4c3n2)c1[2H]. The second-order valence-electron chi connectivity index (χ2n) is 9.66. The van der Waals surface area contributed by atoms with Gasteiger partial charge in [0.15, 0.2) is 5.82 Å². The first-order valence-electron chi connectivity index (χ1n) is 25.1. The molecular formula is C40H24N4S. The van der Waals surface area contributed by atoms with Crippen molar-refractivity contribution in [3.8, 4) is 22.8 Å². The Kier molecular flexibility index (Phi) is 2.28. The lowest BCUT2D eigenvalue weighted by Crippen LogP contribution is -1.99. The molecule has 0 saturated heterocycles. The minimum absolute atomic E-state index is 0.124. The summed E-state index contributed by atoms with van der Waals surface area (Å²) in [5.41, 5.74) is -4.14. The van der Waals surface area contributed by atoms with Crippen LogP contribution in [0.1, 0.15) is 32.9 Å². The molecule has 0 bridgehead atoms. The number of aromatic nitrogens is 4. The molecule has 0 N–H and O–H groups in total. The fraction of sp³-hybridized carbons (Fsp3) is 0. The van der Waals surface area contributed by atoms with Crippen LogP contribution in [0.5, 0.6) is 0 Å². The fourth-order valence-corrected chi connectivity index (χ4v) is 6.35. The Balaban J connectivity index is 1.40. The summed E-state index contributed by atoms with van der Waals surface area (Å²) in [5.74, 6) is -0.673. The Morgan fingerprint density at radius 2 is 1.04 bits per heavy atom. The van der Waals surface area contributed by atoms with Crippen molar-refractivity contribution in [1.29, 1.82) is 0 Å². The third-order valence-corrected chi connectivity index (χ3v) is 8.30. The molecule has 10 rings (SSSR count). The summed E-state index contributed by atoms with van der Waals surface area (Å²) in [6.07, 6.45) is -0.646. The molecule has 5 heteroatoms. The van der Waals surface area contributed by atoms with Gasteiger partial charge in [0.05, 0.1) is 70.9 Å². The van der Waals surface area contributed by atoms with Crippen LogP contribution in [-0.2, 0) is 0 Å². The zero-order valence-electron chi connectivity index (χ0n) is 46.2. The summed E-state index contributed by atoms with van der Waals surface area (Å²) >= 11 is 0.694. The number of nitrogens with zero attached hydrogens (tertiary/aromatic N) is 4. The van der Waals surface area contributed by atoms with E-state index >= 15 is 0 Å². The van der Waals surface area contributed by atoms with Crippen LogP contribution in [0.4, 0.5) is 0 Å². The molecule has 6 aromatic carbocycles. The maximum absolute atomic E-state index is 9.73. The van der Waals surface area contributed by atoms with Crippen LogP contribution in [0.25, 0.3) is 86.7 Å². The first-order chi connectivity index (χ1) is 32.3. The Morgan fingerprint density at radius 1 is 0.511 bits per heavy atom. The summed E-state index contributed by atoms with van der Waals surface area (Å²) in [6.45, 7) is 0. The highest BCUT2D eigenvalue weighted by Gasteiger charge is 2.18. The third-order valence-electron chi connectivity index (χ3n) is 7.31. The number of para-hydroxylation sites is 5. The molecule has 0 amide bonds. The highest BCUT2D eigenvalue weighted by atomic mass is 32.1. The summed E-state index contributed by atoms with van der Waals surface area (Å²) < 4.78 is 214. The largest absolute Gasteiger partial charge is 0.309 e. The number of rotatable bonds is 3. The minimum Gasteiger partial charge on any atom is -0.309 e. The van der Waals surface area contributed by atoms with E-state index in [1.165, 1.54) is 0 Å². The van der Waals surface area contributed by atoms with Crippen molar-refractivity contribution in [2.75, 3.05) is 0 Å². The van der Waals surface area contributed by atoms with Gasteiger partial charge < -0.3 is 9.13 Å². The fourth-order valence-electron chi connectivity index (χ4n) is 5.46. The van der Waals surface area contributed by atoms with Gasteiger partial charge in [0.2, 0.25) is 0 Å². The number of fused-ring (bicyclic) bond motifs is 9. The van der Waals surface area contributed by atoms with Gasteiger partial charge >= 0.3 is 0 Å². The Labute approximate surface area is 295 Å². The minimum atomic E-state index is -0.898. The van der Waals surface area contributed by atoms with E-state index in [-0.39, 0.29) is 31.1 Å². The van der Waals surface area contributed by atoms with Gasteiger partial charge in [-0.1, -0.05) is 84.6 Å². The van der Waals surface area contributed by atoms with Gasteiger partial charge in [-0.2, -0.15) is 0 Å². The van der Waals surface area contributed by atoms with Gasteiger partial charge in [0.1, 0.15) is 0 Å². The van der Waals surface area contributed by atoms with Crippen LogP contribution in [0.2, 0.25) is 0 Å². The third kappa shape index (κ3) is 3.53. The maximum Gasteiger partial charge on any atom is 0.161 e. The number of hydrogen-bond donors (Lipinski definition) is 0. The predicted octanol–water partition coefficient (Wildman–Crippen LogP) is 10.7. The molecule has 4 nitrogen and oxygen atoms in total. The number of thiophene rings is 1. The van der Waals surface area contributed by atoms with Crippen LogP contribution >= 0.6 is 11.3 Å². The van der Waals surface area contributed by atoms with Crippen LogP contribution in [0.3, 0.4) is 0 Å². The van der Waals surface area contributed by atoms with Gasteiger partial charge in [-0.05, 0) is 54.4 Å². The normalized spacial score (nSPS) is 19.5. The molecule has 210 valence electrons. The lowest BCUT2D eigenvalue weighted by atomic mass is 10.1. The average molecular weight is 617 g/mol. The maximum atomic E-state index is 9.73. The van der Waals surface area contributed by atoms with Crippen molar-refractivity contribution >= 4 is 75.3 Å². The van der Waals surface area contributed by atoms with E-state index in [2.05, 4.69) is 9.97 Å². The molecular weight excluding hydrogens is 569 g/mol. The molecule has 4 heterocycles. The molecule has 0 radical (unpaired) electrons. The second-order valence-corrected chi connectivity index (χ2v) is 10.7. The molecule has 45 heavy (non-hydrogen) atoms. The Morgan fingerprint density at radius 3 is 1.67 bits per heavy atom. The van der Waals surface area contributed by atoms with Gasteiger partial charge in [-0.25, -0.2) is 9.97 Å². The monoisotopic (exact) mass is 616 g/mol. The number of hydrogen-bond acceptors (Lipinski definition) is 3. The Bertz CT molecular complexity index is 3980. The molecule has 4 aromatic heterocycles. The van der Waals surface area contributed by atoms with E-state index in [1.54, 1.807) is 0 Å². The summed E-state index contributed by atoms with van der Waals surface area (Å²) in [4.78, 5) is 8.92. The van der Waals surface area contributed by atoms with Crippen molar-refractivity contribution in [3.63, 3.8) is 0 Å². The highest BCUT2D eigenvalue weighted by molar-refractivity contribution is 7.25. The highest BCUT2D eigenvalue weighted by Crippen LogP contribution is 2.39. The topological polar surface area (TPSA) is 35.6 Å². The molecule has 0 spiro atoms. The zero-order valence-corrected chi connectivity index (χ0v) is 23.0. The van der Waals surface area contributed by atoms with Crippen LogP contribution in [0.15, 0.2) is 145 Å². The summed E-state index contributed by atoms with van der Waals surface area (Å²) in [5, 5.41) is -1.85. The van der Waals surface area contributed by atoms with Gasteiger partial charge in [-0.15, -0.1) is 11.3 Å². The van der Waals surface area contributed by atoms with Crippen LogP contribution in [-0.4, -0.2) is 19.1 Å². The smallest absolute Gasteiger partial charge is 0.161 e. The lowest BCUT2D eigenvalue weighted by Gasteiger charge is -2.13. The standard InChI is InChI=1S/C40H24N4S/c1-6-16-32-26(11-1)27-12-2-7-17-33(27)43(32)25-21-22-37-31(23-25)39-38(45-37)24-41-40(42-39)30-15-5-10-20-36(30)44-34-18-8-3-13-28(34)29-14-4-9-19-35(29)44/h1-24H/i1D,2D,3D,4D,5D,6D,7D,8D,9D,10D,11D,12D,13D,14D,15D,16D,17D,18D,19D,20D,21D,22D,23D,24D. The van der Waals surface area contributed by atoms with Crippen molar-refractivity contribution in [2.45, 2.75) is 0 Å². The van der Waals surface area contributed by atoms with E-state index in [0.717, 1.165) is 9.13 Å². The molecule has 0 aliphatic heterocycles. The van der Waals surface area contributed by atoms with Gasteiger partial charge in [0, 0.05) is 49.1 Å². The molecule has 0 unspecified atom stereocenters. The number of benzene rings is 6.